The molecule has 0 fully saturated rings. The van der Waals surface area contributed by atoms with Gasteiger partial charge in [0.1, 0.15) is 0 Å². The highest BCUT2D eigenvalue weighted by atomic mass is 35.5. The summed E-state index contributed by atoms with van der Waals surface area (Å²) < 4.78 is 4.83. The summed E-state index contributed by atoms with van der Waals surface area (Å²) in [5, 5.41) is 2.22. The van der Waals surface area contributed by atoms with E-state index in [0.717, 1.165) is 4.88 Å². The fourth-order valence-electron chi connectivity index (χ4n) is 0.871. The maximum absolute atomic E-state index is 11.2. The smallest absolute Gasteiger partial charge is 0.340 e. The molecule has 0 unspecified atom stereocenters. The van der Waals surface area contributed by atoms with Crippen molar-refractivity contribution in [3.05, 3.63) is 20.8 Å². The van der Waals surface area contributed by atoms with Gasteiger partial charge >= 0.3 is 5.97 Å². The fraction of sp³-hybridized carbons (Fsp3) is 0.500. The van der Waals surface area contributed by atoms with Crippen molar-refractivity contribution < 1.29 is 9.53 Å². The predicted octanol–water partition coefficient (Wildman–Crippen LogP) is 3.91. The predicted molar refractivity (Wildman–Crippen MR) is 61.4 cm³/mol. The number of hydrogen-bond donors (Lipinski definition) is 0. The first-order valence-corrected chi connectivity index (χ1v) is 5.83. The van der Waals surface area contributed by atoms with Crippen LogP contribution in [0.4, 0.5) is 0 Å². The largest absolute Gasteiger partial charge is 0.462 e. The standard InChI is InChI=1S/C8H9ClO2S.C2H6/c1-3-11-8(10)7-5(2)12-4-6(7)9;1-2/h4H,3H2,1-2H3;1-2H3. The third-order valence-corrected chi connectivity index (χ3v) is 2.75. The molecule has 14 heavy (non-hydrogen) atoms. The molecule has 2 nitrogen and oxygen atoms in total. The quantitative estimate of drug-likeness (QED) is 0.726. The number of ether oxygens (including phenoxy) is 1. The zero-order valence-electron chi connectivity index (χ0n) is 8.89. The summed E-state index contributed by atoms with van der Waals surface area (Å²) in [7, 11) is 0. The third-order valence-electron chi connectivity index (χ3n) is 1.41. The van der Waals surface area contributed by atoms with Crippen molar-refractivity contribution in [3.63, 3.8) is 0 Å². The summed E-state index contributed by atoms with van der Waals surface area (Å²) in [5.74, 6) is -0.332. The Bertz CT molecular complexity index is 275. The van der Waals surface area contributed by atoms with E-state index in [1.807, 2.05) is 20.8 Å². The van der Waals surface area contributed by atoms with Gasteiger partial charge in [-0.1, -0.05) is 25.4 Å². The number of rotatable bonds is 2. The van der Waals surface area contributed by atoms with Crippen LogP contribution in [0.5, 0.6) is 0 Å². The van der Waals surface area contributed by atoms with Crippen molar-refractivity contribution in [1.29, 1.82) is 0 Å². The zero-order valence-corrected chi connectivity index (χ0v) is 10.5. The first kappa shape index (κ1) is 13.5. The Morgan fingerprint density at radius 3 is 2.50 bits per heavy atom. The lowest BCUT2D eigenvalue weighted by molar-refractivity contribution is 0.0526. The minimum absolute atomic E-state index is 0.332. The van der Waals surface area contributed by atoms with Gasteiger partial charge in [0, 0.05) is 10.3 Å². The minimum atomic E-state index is -0.332. The van der Waals surface area contributed by atoms with E-state index in [9.17, 15) is 4.79 Å². The van der Waals surface area contributed by atoms with Gasteiger partial charge in [0.25, 0.3) is 0 Å². The van der Waals surface area contributed by atoms with Crippen molar-refractivity contribution in [1.82, 2.24) is 0 Å². The molecule has 1 aromatic heterocycles. The summed E-state index contributed by atoms with van der Waals surface area (Å²) in [4.78, 5) is 12.1. The average Bonchev–Trinajstić information content (AvgIpc) is 2.50. The first-order chi connectivity index (χ1) is 6.66. The van der Waals surface area contributed by atoms with E-state index in [2.05, 4.69) is 0 Å². The summed E-state index contributed by atoms with van der Waals surface area (Å²) in [5.41, 5.74) is 0.503. The highest BCUT2D eigenvalue weighted by Crippen LogP contribution is 2.26. The Hall–Kier alpha value is -0.540. The Balaban J connectivity index is 0.000000791. The van der Waals surface area contributed by atoms with Gasteiger partial charge in [0.2, 0.25) is 0 Å². The van der Waals surface area contributed by atoms with Crippen molar-refractivity contribution in [2.75, 3.05) is 6.61 Å². The lowest BCUT2D eigenvalue weighted by Crippen LogP contribution is -2.04. The molecular weight excluding hydrogens is 220 g/mol. The SMILES string of the molecule is CC.CCOC(=O)c1c(Cl)csc1C. The van der Waals surface area contributed by atoms with Gasteiger partial charge in [-0.05, 0) is 13.8 Å². The normalized spacial score (nSPS) is 8.93. The molecule has 0 saturated carbocycles. The van der Waals surface area contributed by atoms with Crippen molar-refractivity contribution in [2.24, 2.45) is 0 Å². The van der Waals surface area contributed by atoms with Crippen molar-refractivity contribution in [2.45, 2.75) is 27.7 Å². The number of esters is 1. The van der Waals surface area contributed by atoms with Crippen LogP contribution in [0.25, 0.3) is 0 Å². The molecule has 0 radical (unpaired) electrons. The van der Waals surface area contributed by atoms with Crippen LogP contribution in [0.3, 0.4) is 0 Å². The molecule has 0 aliphatic rings. The number of carbonyl (C=O) groups is 1. The van der Waals surface area contributed by atoms with Gasteiger partial charge < -0.3 is 4.74 Å². The van der Waals surface area contributed by atoms with E-state index < -0.39 is 0 Å². The van der Waals surface area contributed by atoms with Gasteiger partial charge in [-0.2, -0.15) is 0 Å². The lowest BCUT2D eigenvalue weighted by Gasteiger charge is -2.00. The van der Waals surface area contributed by atoms with Gasteiger partial charge in [0.05, 0.1) is 17.2 Å². The lowest BCUT2D eigenvalue weighted by atomic mass is 10.3. The molecule has 0 saturated heterocycles. The second-order valence-electron chi connectivity index (χ2n) is 2.24. The Morgan fingerprint density at radius 2 is 2.14 bits per heavy atom. The molecule has 0 amide bonds. The molecule has 0 atom stereocenters. The molecule has 0 bridgehead atoms. The molecule has 0 spiro atoms. The third kappa shape index (κ3) is 3.31. The molecule has 0 N–H and O–H groups in total. The van der Waals surface area contributed by atoms with E-state index in [4.69, 9.17) is 16.3 Å². The van der Waals surface area contributed by atoms with E-state index >= 15 is 0 Å². The summed E-state index contributed by atoms with van der Waals surface area (Å²) in [6, 6.07) is 0. The summed E-state index contributed by atoms with van der Waals surface area (Å²) >= 11 is 7.24. The number of halogens is 1. The number of aryl methyl sites for hydroxylation is 1. The monoisotopic (exact) mass is 234 g/mol. The summed E-state index contributed by atoms with van der Waals surface area (Å²) in [6.07, 6.45) is 0. The van der Waals surface area contributed by atoms with Gasteiger partial charge in [-0.15, -0.1) is 11.3 Å². The molecule has 1 rings (SSSR count). The summed E-state index contributed by atoms with van der Waals surface area (Å²) in [6.45, 7) is 8.00. The Labute approximate surface area is 93.8 Å². The molecule has 0 aliphatic heterocycles. The van der Waals surface area contributed by atoms with Crippen molar-refractivity contribution >= 4 is 28.9 Å². The molecule has 0 aliphatic carbocycles. The van der Waals surface area contributed by atoms with Crippen LogP contribution >= 0.6 is 22.9 Å². The molecular formula is C10H15ClO2S. The molecule has 0 aromatic carbocycles. The van der Waals surface area contributed by atoms with E-state index in [1.54, 1.807) is 12.3 Å². The fourth-order valence-corrected chi connectivity index (χ4v) is 1.99. The topological polar surface area (TPSA) is 26.3 Å². The number of hydrogen-bond acceptors (Lipinski definition) is 3. The maximum atomic E-state index is 11.2. The Morgan fingerprint density at radius 1 is 1.57 bits per heavy atom. The van der Waals surface area contributed by atoms with E-state index in [0.29, 0.717) is 17.2 Å². The van der Waals surface area contributed by atoms with Crippen LogP contribution in [-0.4, -0.2) is 12.6 Å². The molecule has 1 aromatic rings. The van der Waals surface area contributed by atoms with Crippen LogP contribution in [0.15, 0.2) is 5.38 Å². The Kier molecular flexibility index (Phi) is 6.58. The minimum Gasteiger partial charge on any atom is -0.462 e. The first-order valence-electron chi connectivity index (χ1n) is 4.57. The van der Waals surface area contributed by atoms with Crippen LogP contribution in [0.1, 0.15) is 36.0 Å². The zero-order chi connectivity index (χ0) is 11.1. The van der Waals surface area contributed by atoms with Gasteiger partial charge in [0.15, 0.2) is 0 Å². The highest BCUT2D eigenvalue weighted by molar-refractivity contribution is 7.10. The van der Waals surface area contributed by atoms with Crippen LogP contribution in [0, 0.1) is 6.92 Å². The van der Waals surface area contributed by atoms with E-state index in [1.165, 1.54) is 11.3 Å². The van der Waals surface area contributed by atoms with Gasteiger partial charge in [-0.3, -0.25) is 0 Å². The maximum Gasteiger partial charge on any atom is 0.340 e. The number of carbonyl (C=O) groups excluding carboxylic acids is 1. The molecule has 1 heterocycles. The second-order valence-corrected chi connectivity index (χ2v) is 3.73. The number of thiophene rings is 1. The molecule has 80 valence electrons. The van der Waals surface area contributed by atoms with Gasteiger partial charge in [-0.25, -0.2) is 4.79 Å². The van der Waals surface area contributed by atoms with Crippen LogP contribution in [0.2, 0.25) is 5.02 Å². The van der Waals surface area contributed by atoms with Crippen LogP contribution in [-0.2, 0) is 4.74 Å². The van der Waals surface area contributed by atoms with Crippen molar-refractivity contribution in [3.8, 4) is 0 Å². The highest BCUT2D eigenvalue weighted by Gasteiger charge is 2.15. The molecule has 4 heteroatoms. The average molecular weight is 235 g/mol. The van der Waals surface area contributed by atoms with Crippen LogP contribution < -0.4 is 0 Å². The second kappa shape index (κ2) is 6.85. The van der Waals surface area contributed by atoms with E-state index in [-0.39, 0.29) is 5.97 Å².